The molecule has 138 valence electrons. The molecule has 2 heterocycles. The molecule has 7 heteroatoms. The number of carbonyl (C=O) groups excluding carboxylic acids is 2. The number of Topliss-reactive ketones (excluding diaryl/α,β-unsaturated/α-hetero) is 1. The maximum atomic E-state index is 13.1. The summed E-state index contributed by atoms with van der Waals surface area (Å²) in [5.41, 5.74) is 1.15. The van der Waals surface area contributed by atoms with E-state index in [1.54, 1.807) is 31.4 Å². The fraction of sp³-hybridized carbons (Fsp3) is 0.474. The van der Waals surface area contributed by atoms with Crippen molar-refractivity contribution in [2.75, 3.05) is 13.7 Å². The molecule has 2 aromatic rings. The van der Waals surface area contributed by atoms with Crippen molar-refractivity contribution in [3.63, 3.8) is 0 Å². The molecule has 1 aromatic carbocycles. The Balaban J connectivity index is 1.85. The Hall–Kier alpha value is -2.54. The van der Waals surface area contributed by atoms with E-state index in [2.05, 4.69) is 10.1 Å². The Morgan fingerprint density at radius 1 is 1.19 bits per heavy atom. The maximum Gasteiger partial charge on any atom is 0.254 e. The lowest BCUT2D eigenvalue weighted by Gasteiger charge is -2.28. The molecule has 0 saturated carbocycles. The first-order valence-electron chi connectivity index (χ1n) is 8.83. The fourth-order valence-corrected chi connectivity index (χ4v) is 3.22. The molecule has 0 radical (unpaired) electrons. The van der Waals surface area contributed by atoms with E-state index in [9.17, 15) is 9.59 Å². The van der Waals surface area contributed by atoms with Crippen molar-refractivity contribution in [1.29, 1.82) is 0 Å². The van der Waals surface area contributed by atoms with Crippen LogP contribution in [0.5, 0.6) is 0 Å². The third-order valence-corrected chi connectivity index (χ3v) is 4.60. The number of aromatic nitrogens is 2. The third kappa shape index (κ3) is 3.99. The van der Waals surface area contributed by atoms with Crippen LogP contribution < -0.4 is 0 Å². The highest BCUT2D eigenvalue weighted by molar-refractivity contribution is 5.97. The number of amides is 1. The molecular formula is C19H23N3O4. The van der Waals surface area contributed by atoms with Crippen LogP contribution in [-0.2, 0) is 11.3 Å². The second-order valence-corrected chi connectivity index (χ2v) is 6.48. The number of hydrogen-bond donors (Lipinski definition) is 0. The number of likely N-dealkylation sites (tertiary alicyclic amines) is 1. The normalized spacial score (nSPS) is 17.8. The number of methoxy groups -OCH3 is 1. The summed E-state index contributed by atoms with van der Waals surface area (Å²) < 4.78 is 10.2. The Morgan fingerprint density at radius 2 is 1.92 bits per heavy atom. The molecule has 1 amide bonds. The maximum absolute atomic E-state index is 13.1. The van der Waals surface area contributed by atoms with Gasteiger partial charge in [-0.05, 0) is 31.9 Å². The lowest BCUT2D eigenvalue weighted by molar-refractivity contribution is 0.0670. The standard InChI is InChI=1S/C19H23N3O4/c1-13(23)14-7-9-15(10-8-14)19(24)22-11-5-3-4-6-16(22)18-20-17(12-25-2)26-21-18/h7-10,16H,3-6,11-12H2,1-2H3. The van der Waals surface area contributed by atoms with Gasteiger partial charge in [0.2, 0.25) is 0 Å². The first-order chi connectivity index (χ1) is 12.6. The van der Waals surface area contributed by atoms with Crippen molar-refractivity contribution < 1.29 is 18.8 Å². The summed E-state index contributed by atoms with van der Waals surface area (Å²) >= 11 is 0. The van der Waals surface area contributed by atoms with Gasteiger partial charge in [-0.3, -0.25) is 9.59 Å². The largest absolute Gasteiger partial charge is 0.375 e. The molecule has 26 heavy (non-hydrogen) atoms. The molecule has 3 rings (SSSR count). The lowest BCUT2D eigenvalue weighted by Crippen LogP contribution is -2.35. The van der Waals surface area contributed by atoms with Crippen molar-refractivity contribution in [3.05, 3.63) is 47.1 Å². The number of carbonyl (C=O) groups is 2. The molecule has 1 aliphatic heterocycles. The zero-order valence-corrected chi connectivity index (χ0v) is 15.1. The first-order valence-corrected chi connectivity index (χ1v) is 8.83. The number of ketones is 1. The molecule has 1 unspecified atom stereocenters. The SMILES string of the molecule is COCc1nc(C2CCCCCN2C(=O)c2ccc(C(C)=O)cc2)no1. The van der Waals surface area contributed by atoms with E-state index in [1.807, 2.05) is 4.90 Å². The van der Waals surface area contributed by atoms with Gasteiger partial charge in [-0.15, -0.1) is 0 Å². The highest BCUT2D eigenvalue weighted by atomic mass is 16.5. The van der Waals surface area contributed by atoms with Crippen LogP contribution in [0, 0.1) is 0 Å². The first kappa shape index (κ1) is 18.3. The van der Waals surface area contributed by atoms with Gasteiger partial charge in [-0.2, -0.15) is 4.98 Å². The predicted octanol–water partition coefficient (Wildman–Crippen LogP) is 3.18. The quantitative estimate of drug-likeness (QED) is 0.764. The molecule has 7 nitrogen and oxygen atoms in total. The van der Waals surface area contributed by atoms with Crippen LogP contribution in [0.2, 0.25) is 0 Å². The number of hydrogen-bond acceptors (Lipinski definition) is 6. The number of benzene rings is 1. The zero-order valence-electron chi connectivity index (χ0n) is 15.1. The van der Waals surface area contributed by atoms with Crippen molar-refractivity contribution in [2.24, 2.45) is 0 Å². The van der Waals surface area contributed by atoms with E-state index < -0.39 is 0 Å². The van der Waals surface area contributed by atoms with E-state index in [1.165, 1.54) is 6.92 Å². The molecule has 0 spiro atoms. The molecule has 1 saturated heterocycles. The minimum absolute atomic E-state index is 0.0193. The minimum atomic E-state index is -0.216. The average molecular weight is 357 g/mol. The molecule has 1 aromatic heterocycles. The number of rotatable bonds is 5. The Kier molecular flexibility index (Phi) is 5.78. The van der Waals surface area contributed by atoms with E-state index in [-0.39, 0.29) is 24.3 Å². The van der Waals surface area contributed by atoms with Crippen LogP contribution in [0.25, 0.3) is 0 Å². The smallest absolute Gasteiger partial charge is 0.254 e. The Morgan fingerprint density at radius 3 is 2.62 bits per heavy atom. The lowest BCUT2D eigenvalue weighted by atomic mass is 10.1. The van der Waals surface area contributed by atoms with Crippen LogP contribution in [0.15, 0.2) is 28.8 Å². The van der Waals surface area contributed by atoms with Crippen molar-refractivity contribution >= 4 is 11.7 Å². The van der Waals surface area contributed by atoms with E-state index in [0.29, 0.717) is 29.4 Å². The molecule has 0 aliphatic carbocycles. The third-order valence-electron chi connectivity index (χ3n) is 4.60. The molecule has 0 N–H and O–H groups in total. The van der Waals surface area contributed by atoms with Crippen LogP contribution in [0.3, 0.4) is 0 Å². The summed E-state index contributed by atoms with van der Waals surface area (Å²) in [4.78, 5) is 30.7. The summed E-state index contributed by atoms with van der Waals surface area (Å²) in [6.45, 7) is 2.40. The predicted molar refractivity (Wildman–Crippen MR) is 93.7 cm³/mol. The molecule has 0 bridgehead atoms. The Bertz CT molecular complexity index is 769. The zero-order chi connectivity index (χ0) is 18.5. The van der Waals surface area contributed by atoms with Crippen LogP contribution >= 0.6 is 0 Å². The van der Waals surface area contributed by atoms with Crippen LogP contribution in [0.1, 0.15) is 71.1 Å². The fourth-order valence-electron chi connectivity index (χ4n) is 3.22. The van der Waals surface area contributed by atoms with Gasteiger partial charge in [0.05, 0.1) is 6.04 Å². The monoisotopic (exact) mass is 357 g/mol. The minimum Gasteiger partial charge on any atom is -0.375 e. The van der Waals surface area contributed by atoms with E-state index in [4.69, 9.17) is 9.26 Å². The molecule has 1 atom stereocenters. The van der Waals surface area contributed by atoms with Gasteiger partial charge in [0.15, 0.2) is 11.6 Å². The molecular weight excluding hydrogens is 334 g/mol. The summed E-state index contributed by atoms with van der Waals surface area (Å²) in [6.07, 6.45) is 3.80. The van der Waals surface area contributed by atoms with E-state index >= 15 is 0 Å². The van der Waals surface area contributed by atoms with E-state index in [0.717, 1.165) is 25.7 Å². The van der Waals surface area contributed by atoms with Crippen molar-refractivity contribution in [3.8, 4) is 0 Å². The van der Waals surface area contributed by atoms with Crippen molar-refractivity contribution in [2.45, 2.75) is 45.3 Å². The Labute approximate surface area is 152 Å². The highest BCUT2D eigenvalue weighted by Crippen LogP contribution is 2.30. The van der Waals surface area contributed by atoms with Gasteiger partial charge in [0.25, 0.3) is 11.8 Å². The topological polar surface area (TPSA) is 85.5 Å². The average Bonchev–Trinajstić information content (AvgIpc) is 2.97. The van der Waals surface area contributed by atoms with Crippen LogP contribution in [-0.4, -0.2) is 40.4 Å². The van der Waals surface area contributed by atoms with Gasteiger partial charge in [-0.25, -0.2) is 0 Å². The van der Waals surface area contributed by atoms with Crippen LogP contribution in [0.4, 0.5) is 0 Å². The van der Waals surface area contributed by atoms with Gasteiger partial charge >= 0.3 is 0 Å². The summed E-state index contributed by atoms with van der Waals surface area (Å²) in [5.74, 6) is 0.830. The molecule has 1 aliphatic rings. The number of ether oxygens (including phenoxy) is 1. The summed E-state index contributed by atoms with van der Waals surface area (Å²) in [5, 5.41) is 4.06. The second-order valence-electron chi connectivity index (χ2n) is 6.48. The highest BCUT2D eigenvalue weighted by Gasteiger charge is 2.31. The molecule has 1 fully saturated rings. The summed E-state index contributed by atoms with van der Waals surface area (Å²) in [6, 6.07) is 6.56. The second kappa shape index (κ2) is 8.23. The van der Waals surface area contributed by atoms with Gasteiger partial charge in [-0.1, -0.05) is 30.1 Å². The number of nitrogens with zero attached hydrogens (tertiary/aromatic N) is 3. The van der Waals surface area contributed by atoms with Gasteiger partial charge < -0.3 is 14.2 Å². The van der Waals surface area contributed by atoms with Gasteiger partial charge in [0.1, 0.15) is 6.61 Å². The van der Waals surface area contributed by atoms with Crippen molar-refractivity contribution in [1.82, 2.24) is 15.0 Å². The summed E-state index contributed by atoms with van der Waals surface area (Å²) in [7, 11) is 1.57. The van der Waals surface area contributed by atoms with Gasteiger partial charge in [0, 0.05) is 24.8 Å².